The standard InChI is InChI=1S/C17H18ClN3O3S/c18-13-4-1-3-12(9-13)16(23)21(10-14-5-2-7-24-14)11-15(22)20-17-19-6-8-25-17/h1,3-4,6,8-9,14H,2,5,7,10-11H2,(H,19,20,22). The van der Waals surface area contributed by atoms with Gasteiger partial charge in [-0.15, -0.1) is 11.3 Å². The van der Waals surface area contributed by atoms with Crippen LogP contribution in [0, 0.1) is 0 Å². The van der Waals surface area contributed by atoms with E-state index in [9.17, 15) is 9.59 Å². The Labute approximate surface area is 154 Å². The zero-order valence-corrected chi connectivity index (χ0v) is 15.1. The van der Waals surface area contributed by atoms with Gasteiger partial charge in [0.05, 0.1) is 6.10 Å². The average molecular weight is 380 g/mol. The molecule has 1 aliphatic heterocycles. The van der Waals surface area contributed by atoms with Crippen LogP contribution in [0.1, 0.15) is 23.2 Å². The number of ether oxygens (including phenoxy) is 1. The minimum absolute atomic E-state index is 0.0456. The second-order valence-corrected chi connectivity index (χ2v) is 7.05. The summed E-state index contributed by atoms with van der Waals surface area (Å²) in [5.41, 5.74) is 0.451. The number of carbonyl (C=O) groups is 2. The second-order valence-electron chi connectivity index (χ2n) is 5.72. The number of aromatic nitrogens is 1. The molecule has 25 heavy (non-hydrogen) atoms. The van der Waals surface area contributed by atoms with E-state index < -0.39 is 0 Å². The molecule has 0 bridgehead atoms. The number of hydrogen-bond donors (Lipinski definition) is 1. The first kappa shape index (κ1) is 17.8. The highest BCUT2D eigenvalue weighted by atomic mass is 35.5. The van der Waals surface area contributed by atoms with Crippen LogP contribution >= 0.6 is 22.9 Å². The molecule has 2 aromatic rings. The zero-order valence-electron chi connectivity index (χ0n) is 13.5. The van der Waals surface area contributed by atoms with Crippen LogP contribution in [0.4, 0.5) is 5.13 Å². The Balaban J connectivity index is 1.71. The number of halogens is 1. The molecule has 132 valence electrons. The van der Waals surface area contributed by atoms with E-state index in [0.29, 0.717) is 28.9 Å². The molecule has 0 spiro atoms. The average Bonchev–Trinajstić information content (AvgIpc) is 3.27. The van der Waals surface area contributed by atoms with E-state index in [1.807, 2.05) is 0 Å². The van der Waals surface area contributed by atoms with Gasteiger partial charge in [0.1, 0.15) is 6.54 Å². The third-order valence-corrected chi connectivity index (χ3v) is 4.74. The fourth-order valence-corrected chi connectivity index (χ4v) is 3.41. The van der Waals surface area contributed by atoms with Crippen LogP contribution in [0.2, 0.25) is 5.02 Å². The van der Waals surface area contributed by atoms with Gasteiger partial charge in [-0.3, -0.25) is 9.59 Å². The Bertz CT molecular complexity index is 732. The van der Waals surface area contributed by atoms with Crippen molar-refractivity contribution in [1.82, 2.24) is 9.88 Å². The van der Waals surface area contributed by atoms with Crippen LogP contribution in [-0.2, 0) is 9.53 Å². The first-order valence-electron chi connectivity index (χ1n) is 7.97. The molecule has 2 amide bonds. The van der Waals surface area contributed by atoms with E-state index in [0.717, 1.165) is 12.8 Å². The van der Waals surface area contributed by atoms with Crippen molar-refractivity contribution < 1.29 is 14.3 Å². The lowest BCUT2D eigenvalue weighted by Crippen LogP contribution is -2.42. The van der Waals surface area contributed by atoms with E-state index in [-0.39, 0.29) is 24.5 Å². The highest BCUT2D eigenvalue weighted by Crippen LogP contribution is 2.17. The molecule has 6 nitrogen and oxygen atoms in total. The maximum absolute atomic E-state index is 12.8. The Morgan fingerprint density at radius 1 is 1.44 bits per heavy atom. The fourth-order valence-electron chi connectivity index (χ4n) is 2.67. The van der Waals surface area contributed by atoms with Gasteiger partial charge in [-0.25, -0.2) is 4.98 Å². The molecule has 0 aliphatic carbocycles. The van der Waals surface area contributed by atoms with Crippen molar-refractivity contribution in [3.05, 3.63) is 46.4 Å². The van der Waals surface area contributed by atoms with E-state index in [1.54, 1.807) is 35.8 Å². The predicted octanol–water partition coefficient (Wildman–Crippen LogP) is 3.06. The van der Waals surface area contributed by atoms with Crippen LogP contribution < -0.4 is 5.32 Å². The Morgan fingerprint density at radius 3 is 3.00 bits per heavy atom. The number of thiazole rings is 1. The zero-order chi connectivity index (χ0) is 17.6. The molecule has 3 rings (SSSR count). The summed E-state index contributed by atoms with van der Waals surface area (Å²) in [6, 6.07) is 6.72. The van der Waals surface area contributed by atoms with Crippen LogP contribution in [0.15, 0.2) is 35.8 Å². The molecular weight excluding hydrogens is 362 g/mol. The molecule has 0 radical (unpaired) electrons. The molecule has 1 saturated heterocycles. The van der Waals surface area contributed by atoms with Crippen molar-refractivity contribution in [2.75, 3.05) is 25.0 Å². The predicted molar refractivity (Wildman–Crippen MR) is 97.1 cm³/mol. The quantitative estimate of drug-likeness (QED) is 0.837. The molecule has 1 atom stereocenters. The molecule has 1 N–H and O–H groups in total. The molecule has 1 aromatic carbocycles. The summed E-state index contributed by atoms with van der Waals surface area (Å²) in [5, 5.41) is 5.47. The lowest BCUT2D eigenvalue weighted by molar-refractivity contribution is -0.117. The normalized spacial score (nSPS) is 16.6. The third kappa shape index (κ3) is 5.01. The molecule has 1 aliphatic rings. The van der Waals surface area contributed by atoms with Crippen LogP contribution in [0.25, 0.3) is 0 Å². The van der Waals surface area contributed by atoms with Crippen molar-refractivity contribution in [1.29, 1.82) is 0 Å². The summed E-state index contributed by atoms with van der Waals surface area (Å²) in [5.74, 6) is -0.532. The van der Waals surface area contributed by atoms with E-state index in [2.05, 4.69) is 10.3 Å². The van der Waals surface area contributed by atoms with Crippen molar-refractivity contribution in [2.45, 2.75) is 18.9 Å². The maximum Gasteiger partial charge on any atom is 0.254 e. The monoisotopic (exact) mass is 379 g/mol. The van der Waals surface area contributed by atoms with Gasteiger partial charge in [0, 0.05) is 35.3 Å². The molecule has 1 unspecified atom stereocenters. The van der Waals surface area contributed by atoms with Crippen molar-refractivity contribution in [3.8, 4) is 0 Å². The number of rotatable bonds is 6. The van der Waals surface area contributed by atoms with Gasteiger partial charge in [0.2, 0.25) is 5.91 Å². The summed E-state index contributed by atoms with van der Waals surface area (Å²) in [4.78, 5) is 30.7. The van der Waals surface area contributed by atoms with Crippen LogP contribution in [0.3, 0.4) is 0 Å². The summed E-state index contributed by atoms with van der Waals surface area (Å²) >= 11 is 7.31. The van der Waals surface area contributed by atoms with Crippen molar-refractivity contribution in [2.24, 2.45) is 0 Å². The maximum atomic E-state index is 12.8. The number of amides is 2. The molecule has 1 aromatic heterocycles. The van der Waals surface area contributed by atoms with Gasteiger partial charge in [-0.1, -0.05) is 17.7 Å². The van der Waals surface area contributed by atoms with E-state index in [4.69, 9.17) is 16.3 Å². The van der Waals surface area contributed by atoms with Crippen LogP contribution in [0.5, 0.6) is 0 Å². The van der Waals surface area contributed by atoms with Crippen molar-refractivity contribution in [3.63, 3.8) is 0 Å². The first-order chi connectivity index (χ1) is 12.1. The third-order valence-electron chi connectivity index (χ3n) is 3.82. The summed E-state index contributed by atoms with van der Waals surface area (Å²) in [6.07, 6.45) is 3.42. The minimum atomic E-state index is -0.289. The van der Waals surface area contributed by atoms with Gasteiger partial charge < -0.3 is 15.0 Å². The first-order valence-corrected chi connectivity index (χ1v) is 9.23. The Morgan fingerprint density at radius 2 is 2.32 bits per heavy atom. The van der Waals surface area contributed by atoms with Gasteiger partial charge in [-0.2, -0.15) is 0 Å². The van der Waals surface area contributed by atoms with Crippen LogP contribution in [-0.4, -0.2) is 47.5 Å². The number of nitrogens with one attached hydrogen (secondary N) is 1. The largest absolute Gasteiger partial charge is 0.376 e. The Hall–Kier alpha value is -1.96. The number of anilines is 1. The fraction of sp³-hybridized carbons (Fsp3) is 0.353. The molecule has 1 fully saturated rings. The van der Waals surface area contributed by atoms with E-state index >= 15 is 0 Å². The minimum Gasteiger partial charge on any atom is -0.376 e. The Kier molecular flexibility index (Phi) is 6.01. The molecule has 2 heterocycles. The molecule has 8 heteroatoms. The topological polar surface area (TPSA) is 71.5 Å². The number of benzene rings is 1. The van der Waals surface area contributed by atoms with Gasteiger partial charge in [0.25, 0.3) is 5.91 Å². The summed E-state index contributed by atoms with van der Waals surface area (Å²) in [6.45, 7) is 0.997. The molecular formula is C17H18ClN3O3S. The highest BCUT2D eigenvalue weighted by Gasteiger charge is 2.25. The number of hydrogen-bond acceptors (Lipinski definition) is 5. The van der Waals surface area contributed by atoms with Gasteiger partial charge in [0.15, 0.2) is 5.13 Å². The van der Waals surface area contributed by atoms with E-state index in [1.165, 1.54) is 16.2 Å². The van der Waals surface area contributed by atoms with Crippen molar-refractivity contribution >= 4 is 39.9 Å². The second kappa shape index (κ2) is 8.42. The highest BCUT2D eigenvalue weighted by molar-refractivity contribution is 7.13. The molecule has 0 saturated carbocycles. The summed E-state index contributed by atoms with van der Waals surface area (Å²) in [7, 11) is 0. The lowest BCUT2D eigenvalue weighted by Gasteiger charge is -2.25. The smallest absolute Gasteiger partial charge is 0.254 e. The summed E-state index contributed by atoms with van der Waals surface area (Å²) < 4.78 is 5.62. The number of nitrogens with zero attached hydrogens (tertiary/aromatic N) is 2. The lowest BCUT2D eigenvalue weighted by atomic mass is 10.1. The van der Waals surface area contributed by atoms with Gasteiger partial charge >= 0.3 is 0 Å². The van der Waals surface area contributed by atoms with Gasteiger partial charge in [-0.05, 0) is 31.0 Å². The SMILES string of the molecule is O=C(CN(CC1CCCO1)C(=O)c1cccc(Cl)c1)Nc1nccs1. The number of carbonyl (C=O) groups excluding carboxylic acids is 2.